The molecule has 0 fully saturated rings. The van der Waals surface area contributed by atoms with Gasteiger partial charge in [-0.2, -0.15) is 4.31 Å². The molecule has 140 valence electrons. The summed E-state index contributed by atoms with van der Waals surface area (Å²) in [5, 5.41) is 0. The van der Waals surface area contributed by atoms with Gasteiger partial charge in [-0.15, -0.1) is 0 Å². The molecule has 2 aromatic heterocycles. The molecule has 1 aromatic carbocycles. The summed E-state index contributed by atoms with van der Waals surface area (Å²) in [6.07, 6.45) is 5.44. The maximum Gasteiger partial charge on any atom is 0.244 e. The molecule has 0 saturated carbocycles. The van der Waals surface area contributed by atoms with Crippen LogP contribution in [0.15, 0.2) is 59.9 Å². The summed E-state index contributed by atoms with van der Waals surface area (Å²) >= 11 is 0. The molecule has 0 radical (unpaired) electrons. The van der Waals surface area contributed by atoms with Gasteiger partial charge in [0.15, 0.2) is 0 Å². The molecule has 1 aliphatic rings. The summed E-state index contributed by atoms with van der Waals surface area (Å²) in [7, 11) is -3.66. The Morgan fingerprint density at radius 2 is 1.67 bits per heavy atom. The second-order valence-corrected chi connectivity index (χ2v) is 8.98. The van der Waals surface area contributed by atoms with E-state index in [2.05, 4.69) is 9.55 Å². The van der Waals surface area contributed by atoms with E-state index >= 15 is 0 Å². The van der Waals surface area contributed by atoms with Gasteiger partial charge < -0.3 is 4.57 Å². The van der Waals surface area contributed by atoms with Gasteiger partial charge in [0, 0.05) is 37.4 Å². The molecule has 3 aromatic rings. The van der Waals surface area contributed by atoms with Crippen LogP contribution in [0, 0.1) is 20.8 Å². The lowest BCUT2D eigenvalue weighted by Crippen LogP contribution is -2.42. The lowest BCUT2D eigenvalue weighted by molar-refractivity contribution is 0.298. The molecule has 0 amide bonds. The summed E-state index contributed by atoms with van der Waals surface area (Å²) < 4.78 is 31.3. The Kier molecular flexibility index (Phi) is 4.40. The monoisotopic (exact) mass is 381 g/mol. The second-order valence-electron chi connectivity index (χ2n) is 7.15. The third-order valence-corrected chi connectivity index (χ3v) is 7.36. The number of pyridine rings is 1. The normalized spacial score (nSPS) is 17.7. The van der Waals surface area contributed by atoms with Crippen LogP contribution >= 0.6 is 0 Å². The van der Waals surface area contributed by atoms with Crippen LogP contribution in [0.3, 0.4) is 0 Å². The number of rotatable bonds is 3. The number of aromatic nitrogens is 2. The summed E-state index contributed by atoms with van der Waals surface area (Å²) in [5.41, 5.74) is 4.57. The Morgan fingerprint density at radius 1 is 1.00 bits per heavy atom. The van der Waals surface area contributed by atoms with Gasteiger partial charge in [0.05, 0.1) is 10.9 Å². The highest BCUT2D eigenvalue weighted by Crippen LogP contribution is 2.37. The van der Waals surface area contributed by atoms with Crippen molar-refractivity contribution in [1.82, 2.24) is 13.9 Å². The van der Waals surface area contributed by atoms with Gasteiger partial charge >= 0.3 is 0 Å². The van der Waals surface area contributed by atoms with Gasteiger partial charge in [0.2, 0.25) is 10.0 Å². The van der Waals surface area contributed by atoms with E-state index in [0.717, 1.165) is 27.9 Å². The molecule has 0 bridgehead atoms. The standard InChI is InChI=1S/C21H23N3O2S/c1-15-13-16(2)21(17(3)14-15)27(25,26)24-12-11-23-10-4-5-19(23)20(24)18-6-8-22-9-7-18/h4-10,13-14,20H,11-12H2,1-3H3. The SMILES string of the molecule is Cc1cc(C)c(S(=O)(=O)N2CCn3cccc3C2c2ccncc2)c(C)c1. The third-order valence-electron chi connectivity index (χ3n) is 5.19. The molecular formula is C21H23N3O2S. The maximum atomic E-state index is 13.8. The molecule has 1 aliphatic heterocycles. The van der Waals surface area contributed by atoms with Gasteiger partial charge in [0.25, 0.3) is 0 Å². The van der Waals surface area contributed by atoms with Crippen molar-refractivity contribution in [3.05, 3.63) is 82.9 Å². The summed E-state index contributed by atoms with van der Waals surface area (Å²) in [4.78, 5) is 4.52. The van der Waals surface area contributed by atoms with Crippen molar-refractivity contribution in [2.24, 2.45) is 0 Å². The predicted molar refractivity (Wildman–Crippen MR) is 105 cm³/mol. The highest BCUT2D eigenvalue weighted by molar-refractivity contribution is 7.89. The molecule has 0 N–H and O–H groups in total. The van der Waals surface area contributed by atoms with E-state index in [4.69, 9.17) is 0 Å². The Bertz CT molecular complexity index is 1060. The van der Waals surface area contributed by atoms with Crippen molar-refractivity contribution in [2.75, 3.05) is 6.54 Å². The molecule has 4 rings (SSSR count). The van der Waals surface area contributed by atoms with E-state index in [0.29, 0.717) is 18.0 Å². The molecule has 0 spiro atoms. The van der Waals surface area contributed by atoms with E-state index in [9.17, 15) is 8.42 Å². The van der Waals surface area contributed by atoms with E-state index in [1.54, 1.807) is 16.7 Å². The van der Waals surface area contributed by atoms with Crippen LogP contribution < -0.4 is 0 Å². The van der Waals surface area contributed by atoms with Crippen molar-refractivity contribution in [3.63, 3.8) is 0 Å². The Morgan fingerprint density at radius 3 is 2.33 bits per heavy atom. The summed E-state index contributed by atoms with van der Waals surface area (Å²) in [6, 6.07) is 11.3. The smallest absolute Gasteiger partial charge is 0.244 e. The minimum atomic E-state index is -3.66. The number of benzene rings is 1. The van der Waals surface area contributed by atoms with Gasteiger partial charge in [-0.25, -0.2) is 8.42 Å². The predicted octanol–water partition coefficient (Wildman–Crippen LogP) is 3.60. The fourth-order valence-corrected chi connectivity index (χ4v) is 6.19. The molecule has 1 unspecified atom stereocenters. The average Bonchev–Trinajstić information content (AvgIpc) is 3.09. The first-order valence-electron chi connectivity index (χ1n) is 9.04. The fourth-order valence-electron chi connectivity index (χ4n) is 4.19. The molecular weight excluding hydrogens is 358 g/mol. The zero-order chi connectivity index (χ0) is 19.2. The van der Waals surface area contributed by atoms with Crippen LogP contribution in [0.4, 0.5) is 0 Å². The van der Waals surface area contributed by atoms with Crippen LogP contribution in [0.2, 0.25) is 0 Å². The van der Waals surface area contributed by atoms with Crippen molar-refractivity contribution in [2.45, 2.75) is 38.3 Å². The van der Waals surface area contributed by atoms with Crippen LogP contribution in [0.25, 0.3) is 0 Å². The van der Waals surface area contributed by atoms with Crippen LogP contribution in [0.1, 0.15) is 34.0 Å². The number of hydrogen-bond acceptors (Lipinski definition) is 3. The Balaban J connectivity index is 1.90. The van der Waals surface area contributed by atoms with E-state index in [1.165, 1.54) is 0 Å². The average molecular weight is 382 g/mol. The number of sulfonamides is 1. The molecule has 0 aliphatic carbocycles. The van der Waals surface area contributed by atoms with Gasteiger partial charge in [-0.05, 0) is 61.7 Å². The number of aryl methyl sites for hydroxylation is 3. The van der Waals surface area contributed by atoms with Crippen LogP contribution in [-0.2, 0) is 16.6 Å². The zero-order valence-electron chi connectivity index (χ0n) is 15.8. The lowest BCUT2D eigenvalue weighted by atomic mass is 10.0. The maximum absolute atomic E-state index is 13.8. The van der Waals surface area contributed by atoms with Gasteiger partial charge in [-0.3, -0.25) is 4.98 Å². The van der Waals surface area contributed by atoms with Gasteiger partial charge in [0.1, 0.15) is 0 Å². The van der Waals surface area contributed by atoms with E-state index in [-0.39, 0.29) is 6.04 Å². The highest BCUT2D eigenvalue weighted by Gasteiger charge is 2.38. The Hall–Kier alpha value is -2.44. The first-order valence-corrected chi connectivity index (χ1v) is 10.5. The highest BCUT2D eigenvalue weighted by atomic mass is 32.2. The number of nitrogens with zero attached hydrogens (tertiary/aromatic N) is 3. The second kappa shape index (κ2) is 6.62. The molecule has 3 heterocycles. The fraction of sp³-hybridized carbons (Fsp3) is 0.286. The molecule has 0 saturated heterocycles. The number of hydrogen-bond donors (Lipinski definition) is 0. The third kappa shape index (κ3) is 2.99. The lowest BCUT2D eigenvalue weighted by Gasteiger charge is -2.37. The molecule has 27 heavy (non-hydrogen) atoms. The zero-order valence-corrected chi connectivity index (χ0v) is 16.6. The van der Waals surface area contributed by atoms with Crippen LogP contribution in [-0.4, -0.2) is 28.8 Å². The van der Waals surface area contributed by atoms with Gasteiger partial charge in [-0.1, -0.05) is 17.7 Å². The van der Waals surface area contributed by atoms with Crippen molar-refractivity contribution < 1.29 is 8.42 Å². The van der Waals surface area contributed by atoms with E-state index < -0.39 is 10.0 Å². The topological polar surface area (TPSA) is 55.2 Å². The minimum Gasteiger partial charge on any atom is -0.348 e. The van der Waals surface area contributed by atoms with Crippen molar-refractivity contribution >= 4 is 10.0 Å². The first-order chi connectivity index (χ1) is 12.9. The van der Waals surface area contributed by atoms with Crippen LogP contribution in [0.5, 0.6) is 0 Å². The number of fused-ring (bicyclic) bond motifs is 1. The van der Waals surface area contributed by atoms with Crippen molar-refractivity contribution in [1.29, 1.82) is 0 Å². The minimum absolute atomic E-state index is 0.359. The van der Waals surface area contributed by atoms with E-state index in [1.807, 2.05) is 63.4 Å². The Labute approximate surface area is 160 Å². The first kappa shape index (κ1) is 17.9. The molecule has 5 nitrogen and oxygen atoms in total. The van der Waals surface area contributed by atoms with Crippen molar-refractivity contribution in [3.8, 4) is 0 Å². The molecule has 1 atom stereocenters. The largest absolute Gasteiger partial charge is 0.348 e. The summed E-state index contributed by atoms with van der Waals surface area (Å²) in [5.74, 6) is 0. The summed E-state index contributed by atoms with van der Waals surface area (Å²) in [6.45, 7) is 6.82. The quantitative estimate of drug-likeness (QED) is 0.696. The molecule has 6 heteroatoms.